The monoisotopic (exact) mass is 320 g/mol. The Hall–Kier alpha value is -2.60. The average molecular weight is 321 g/mol. The lowest BCUT2D eigenvalue weighted by Gasteiger charge is -2.06. The molecule has 22 heavy (non-hydrogen) atoms. The molecule has 0 saturated heterocycles. The maximum Gasteiger partial charge on any atom is 0.341 e. The molecule has 2 N–H and O–H groups in total. The minimum atomic E-state index is -1.11. The number of aliphatic carboxylic acids is 1. The van der Waals surface area contributed by atoms with E-state index in [4.69, 9.17) is 21.4 Å². The Morgan fingerprint density at radius 2 is 2.09 bits per heavy atom. The number of carboxylic acids is 1. The van der Waals surface area contributed by atoms with Crippen molar-refractivity contribution in [2.45, 2.75) is 0 Å². The van der Waals surface area contributed by atoms with Gasteiger partial charge in [-0.05, 0) is 24.3 Å². The molecular formula is C15H10ClFN2O3. The second-order valence-electron chi connectivity index (χ2n) is 4.53. The molecule has 0 atom stereocenters. The molecule has 0 radical (unpaired) electrons. The van der Waals surface area contributed by atoms with Crippen molar-refractivity contribution in [2.75, 3.05) is 6.61 Å². The maximum absolute atomic E-state index is 13.9. The van der Waals surface area contributed by atoms with Crippen LogP contribution in [-0.4, -0.2) is 27.9 Å². The number of aromatic amines is 1. The molecule has 112 valence electrons. The summed E-state index contributed by atoms with van der Waals surface area (Å²) in [6, 6.07) is 9.50. The molecule has 0 spiro atoms. The third kappa shape index (κ3) is 2.48. The van der Waals surface area contributed by atoms with Crippen LogP contribution in [0.4, 0.5) is 4.39 Å². The van der Waals surface area contributed by atoms with Gasteiger partial charge in [-0.2, -0.15) is 5.10 Å². The van der Waals surface area contributed by atoms with Crippen molar-refractivity contribution in [1.29, 1.82) is 0 Å². The summed E-state index contributed by atoms with van der Waals surface area (Å²) in [5, 5.41) is 16.3. The lowest BCUT2D eigenvalue weighted by Crippen LogP contribution is -2.09. The SMILES string of the molecule is O=C(O)COc1ccc2c(-c3ccccc3F)[nH]nc2c1Cl. The van der Waals surface area contributed by atoms with Crippen molar-refractivity contribution < 1.29 is 19.0 Å². The number of hydrogen-bond donors (Lipinski definition) is 2. The number of carbonyl (C=O) groups is 1. The van der Waals surface area contributed by atoms with Crippen LogP contribution in [0, 0.1) is 5.82 Å². The predicted octanol–water partition coefficient (Wildman–Crippen LogP) is 3.49. The highest BCUT2D eigenvalue weighted by Crippen LogP contribution is 2.36. The summed E-state index contributed by atoms with van der Waals surface area (Å²) in [7, 11) is 0. The standard InChI is InChI=1S/C15H10ClFN2O3/c16-13-11(22-7-12(20)21)6-5-9-14(18-19-15(9)13)8-3-1-2-4-10(8)17/h1-6H,7H2,(H,18,19)(H,20,21). The van der Waals surface area contributed by atoms with Crippen molar-refractivity contribution >= 4 is 28.5 Å². The highest BCUT2D eigenvalue weighted by molar-refractivity contribution is 6.37. The first-order valence-corrected chi connectivity index (χ1v) is 6.72. The average Bonchev–Trinajstić information content (AvgIpc) is 2.91. The van der Waals surface area contributed by atoms with Crippen molar-refractivity contribution in [3.63, 3.8) is 0 Å². The molecule has 3 aromatic rings. The Morgan fingerprint density at radius 3 is 2.82 bits per heavy atom. The van der Waals surface area contributed by atoms with Gasteiger partial charge >= 0.3 is 5.97 Å². The van der Waals surface area contributed by atoms with E-state index in [9.17, 15) is 9.18 Å². The van der Waals surface area contributed by atoms with Gasteiger partial charge < -0.3 is 9.84 Å². The Morgan fingerprint density at radius 1 is 1.32 bits per heavy atom. The molecule has 5 nitrogen and oxygen atoms in total. The number of nitrogens with one attached hydrogen (secondary N) is 1. The summed E-state index contributed by atoms with van der Waals surface area (Å²) in [6.45, 7) is -0.504. The molecule has 0 amide bonds. The quantitative estimate of drug-likeness (QED) is 0.771. The maximum atomic E-state index is 13.9. The van der Waals surface area contributed by atoms with E-state index in [1.807, 2.05) is 0 Å². The number of rotatable bonds is 4. The summed E-state index contributed by atoms with van der Waals surface area (Å²) >= 11 is 6.17. The Balaban J connectivity index is 2.08. The van der Waals surface area contributed by atoms with Crippen LogP contribution in [0.3, 0.4) is 0 Å². The van der Waals surface area contributed by atoms with Gasteiger partial charge in [0.1, 0.15) is 22.1 Å². The van der Waals surface area contributed by atoms with Gasteiger partial charge in [0.2, 0.25) is 0 Å². The summed E-state index contributed by atoms with van der Waals surface area (Å²) in [6.07, 6.45) is 0. The van der Waals surface area contributed by atoms with Gasteiger partial charge in [-0.3, -0.25) is 5.10 Å². The van der Waals surface area contributed by atoms with Crippen LogP contribution in [0.15, 0.2) is 36.4 Å². The van der Waals surface area contributed by atoms with Crippen LogP contribution in [0.2, 0.25) is 5.02 Å². The fourth-order valence-electron chi connectivity index (χ4n) is 2.15. The topological polar surface area (TPSA) is 75.2 Å². The van der Waals surface area contributed by atoms with E-state index in [0.717, 1.165) is 0 Å². The van der Waals surface area contributed by atoms with Gasteiger partial charge in [0.25, 0.3) is 0 Å². The van der Waals surface area contributed by atoms with Crippen LogP contribution in [0.5, 0.6) is 5.75 Å². The molecular weight excluding hydrogens is 311 g/mol. The Bertz CT molecular complexity index is 863. The van der Waals surface area contributed by atoms with Gasteiger partial charge in [-0.1, -0.05) is 23.7 Å². The molecule has 7 heteroatoms. The van der Waals surface area contributed by atoms with Crippen LogP contribution in [0.1, 0.15) is 0 Å². The largest absolute Gasteiger partial charge is 0.480 e. The van der Waals surface area contributed by atoms with Gasteiger partial charge in [0.15, 0.2) is 6.61 Å². The number of benzene rings is 2. The molecule has 0 aliphatic heterocycles. The van der Waals surface area contributed by atoms with Crippen LogP contribution < -0.4 is 4.74 Å². The number of carboxylic acid groups (broad SMARTS) is 1. The zero-order chi connectivity index (χ0) is 15.7. The van der Waals surface area contributed by atoms with Crippen molar-refractivity contribution in [3.05, 3.63) is 47.2 Å². The van der Waals surface area contributed by atoms with Gasteiger partial charge in [-0.25, -0.2) is 9.18 Å². The molecule has 0 unspecified atom stereocenters. The van der Waals surface area contributed by atoms with Crippen molar-refractivity contribution in [2.24, 2.45) is 0 Å². The Labute approximate surface area is 129 Å². The smallest absolute Gasteiger partial charge is 0.341 e. The molecule has 2 aromatic carbocycles. The predicted molar refractivity (Wildman–Crippen MR) is 79.6 cm³/mol. The summed E-state index contributed by atoms with van der Waals surface area (Å²) < 4.78 is 19.0. The summed E-state index contributed by atoms with van der Waals surface area (Å²) in [5.41, 5.74) is 1.27. The van der Waals surface area contributed by atoms with E-state index in [0.29, 0.717) is 22.2 Å². The minimum Gasteiger partial charge on any atom is -0.480 e. The third-order valence-electron chi connectivity index (χ3n) is 3.12. The molecule has 0 aliphatic carbocycles. The minimum absolute atomic E-state index is 0.178. The Kier molecular flexibility index (Phi) is 3.68. The first-order chi connectivity index (χ1) is 10.6. The number of ether oxygens (including phenoxy) is 1. The van der Waals surface area contributed by atoms with Gasteiger partial charge in [0.05, 0.1) is 5.69 Å². The molecule has 0 bridgehead atoms. The van der Waals surface area contributed by atoms with E-state index < -0.39 is 12.6 Å². The second-order valence-corrected chi connectivity index (χ2v) is 4.91. The second kappa shape index (κ2) is 5.65. The molecule has 3 rings (SSSR count). The van der Waals surface area contributed by atoms with E-state index in [1.165, 1.54) is 12.1 Å². The number of fused-ring (bicyclic) bond motifs is 1. The van der Waals surface area contributed by atoms with E-state index in [-0.39, 0.29) is 16.6 Å². The van der Waals surface area contributed by atoms with E-state index >= 15 is 0 Å². The summed E-state index contributed by atoms with van der Waals surface area (Å²) in [4.78, 5) is 10.5. The number of hydrogen-bond acceptors (Lipinski definition) is 3. The van der Waals surface area contributed by atoms with E-state index in [1.54, 1.807) is 24.3 Å². The summed E-state index contributed by atoms with van der Waals surface area (Å²) in [5.74, 6) is -1.27. The van der Waals surface area contributed by atoms with Crippen LogP contribution in [0.25, 0.3) is 22.2 Å². The molecule has 1 aromatic heterocycles. The molecule has 1 heterocycles. The van der Waals surface area contributed by atoms with Crippen LogP contribution >= 0.6 is 11.6 Å². The fraction of sp³-hybridized carbons (Fsp3) is 0.0667. The lowest BCUT2D eigenvalue weighted by molar-refractivity contribution is -0.139. The first-order valence-electron chi connectivity index (χ1n) is 6.34. The molecule has 0 aliphatic rings. The van der Waals surface area contributed by atoms with Crippen LogP contribution in [-0.2, 0) is 4.79 Å². The highest BCUT2D eigenvalue weighted by atomic mass is 35.5. The number of nitrogens with zero attached hydrogens (tertiary/aromatic N) is 1. The normalized spacial score (nSPS) is 10.8. The molecule has 0 fully saturated rings. The number of halogens is 2. The third-order valence-corrected chi connectivity index (χ3v) is 3.49. The number of H-pyrrole nitrogens is 1. The molecule has 0 saturated carbocycles. The van der Waals surface area contributed by atoms with Crippen molar-refractivity contribution in [1.82, 2.24) is 10.2 Å². The number of aromatic nitrogens is 2. The zero-order valence-corrected chi connectivity index (χ0v) is 11.9. The van der Waals surface area contributed by atoms with Crippen molar-refractivity contribution in [3.8, 4) is 17.0 Å². The lowest BCUT2D eigenvalue weighted by atomic mass is 10.1. The zero-order valence-electron chi connectivity index (χ0n) is 11.1. The highest BCUT2D eigenvalue weighted by Gasteiger charge is 2.16. The first kappa shape index (κ1) is 14.3. The van der Waals surface area contributed by atoms with Gasteiger partial charge in [-0.15, -0.1) is 0 Å². The van der Waals surface area contributed by atoms with E-state index in [2.05, 4.69) is 10.2 Å². The van der Waals surface area contributed by atoms with Gasteiger partial charge in [0, 0.05) is 10.9 Å². The fourth-order valence-corrected chi connectivity index (χ4v) is 2.41.